The van der Waals surface area contributed by atoms with E-state index in [9.17, 15) is 0 Å². The largest absolute Gasteiger partial charge is 0.399 e. The average Bonchev–Trinajstić information content (AvgIpc) is 3.61. The molecule has 0 aliphatic carbocycles. The molecule has 4 nitrogen and oxygen atoms in total. The summed E-state index contributed by atoms with van der Waals surface area (Å²) >= 11 is 1.77. The average molecular weight is 569 g/mol. The molecule has 0 saturated heterocycles. The second-order valence-electron chi connectivity index (χ2n) is 10.9. The van der Waals surface area contributed by atoms with Gasteiger partial charge < -0.3 is 10.3 Å². The molecule has 3 aromatic heterocycles. The van der Waals surface area contributed by atoms with Crippen molar-refractivity contribution in [2.75, 3.05) is 5.73 Å². The number of benzene rings is 6. The van der Waals surface area contributed by atoms with E-state index in [1.165, 1.54) is 31.8 Å². The maximum atomic E-state index is 6.07. The molecule has 6 aromatic carbocycles. The van der Waals surface area contributed by atoms with E-state index in [4.69, 9.17) is 15.7 Å². The number of anilines is 1. The van der Waals surface area contributed by atoms with E-state index < -0.39 is 0 Å². The van der Waals surface area contributed by atoms with Crippen molar-refractivity contribution >= 4 is 69.9 Å². The van der Waals surface area contributed by atoms with E-state index in [0.29, 0.717) is 5.82 Å². The SMILES string of the molecule is Nc1ccc(-c2nc(-c3ccc4c(c3)c3ccccc3n4-c3ccccc3)nc3c2sc2c4ccccc4ccc32)cc1. The van der Waals surface area contributed by atoms with Gasteiger partial charge in [-0.1, -0.05) is 84.9 Å². The molecule has 0 aliphatic heterocycles. The molecule has 0 radical (unpaired) electrons. The van der Waals surface area contributed by atoms with Gasteiger partial charge in [0.15, 0.2) is 5.82 Å². The molecule has 202 valence electrons. The Morgan fingerprint density at radius 2 is 1.26 bits per heavy atom. The van der Waals surface area contributed by atoms with Gasteiger partial charge in [-0.05, 0) is 59.3 Å². The van der Waals surface area contributed by atoms with Crippen molar-refractivity contribution in [3.63, 3.8) is 0 Å². The fourth-order valence-electron chi connectivity index (χ4n) is 6.30. The lowest BCUT2D eigenvalue weighted by Gasteiger charge is -2.09. The highest BCUT2D eigenvalue weighted by atomic mass is 32.1. The molecule has 43 heavy (non-hydrogen) atoms. The fraction of sp³-hybridized carbons (Fsp3) is 0. The molecular weight excluding hydrogens is 545 g/mol. The Hall–Kier alpha value is -5.52. The van der Waals surface area contributed by atoms with Gasteiger partial charge in [0.1, 0.15) is 0 Å². The molecule has 0 unspecified atom stereocenters. The van der Waals surface area contributed by atoms with Crippen LogP contribution in [0.5, 0.6) is 0 Å². The molecule has 3 heterocycles. The number of hydrogen-bond acceptors (Lipinski definition) is 4. The van der Waals surface area contributed by atoms with Crippen LogP contribution in [0.25, 0.3) is 81.2 Å². The minimum atomic E-state index is 0.714. The van der Waals surface area contributed by atoms with Crippen molar-refractivity contribution in [1.29, 1.82) is 0 Å². The van der Waals surface area contributed by atoms with Crippen molar-refractivity contribution in [2.24, 2.45) is 0 Å². The minimum Gasteiger partial charge on any atom is -0.399 e. The Morgan fingerprint density at radius 3 is 2.12 bits per heavy atom. The number of nitrogens with zero attached hydrogens (tertiary/aromatic N) is 3. The third kappa shape index (κ3) is 3.69. The lowest BCUT2D eigenvalue weighted by Crippen LogP contribution is -1.95. The van der Waals surface area contributed by atoms with Crippen LogP contribution in [0.4, 0.5) is 5.69 Å². The van der Waals surface area contributed by atoms with Crippen LogP contribution >= 0.6 is 11.3 Å². The summed E-state index contributed by atoms with van der Waals surface area (Å²) in [6.45, 7) is 0. The predicted octanol–water partition coefficient (Wildman–Crippen LogP) is 10.0. The molecule has 5 heteroatoms. The summed E-state index contributed by atoms with van der Waals surface area (Å²) in [5.41, 5.74) is 14.2. The molecule has 0 saturated carbocycles. The first-order valence-corrected chi connectivity index (χ1v) is 15.1. The standard InChI is InChI=1S/C38H24N4S/c39-26-18-14-24(15-19-26)34-37-35(30-20-16-23-8-4-5-11-28(23)36(30)43-37)41-38(40-34)25-17-21-33-31(22-25)29-12-6-7-13-32(29)42(33)27-9-2-1-3-10-27/h1-22H,39H2. The molecule has 2 N–H and O–H groups in total. The van der Waals surface area contributed by atoms with Crippen LogP contribution in [0, 0.1) is 0 Å². The van der Waals surface area contributed by atoms with Gasteiger partial charge >= 0.3 is 0 Å². The normalized spacial score (nSPS) is 11.8. The summed E-state index contributed by atoms with van der Waals surface area (Å²) in [7, 11) is 0. The first kappa shape index (κ1) is 24.1. The highest BCUT2D eigenvalue weighted by molar-refractivity contribution is 7.27. The van der Waals surface area contributed by atoms with Crippen molar-refractivity contribution < 1.29 is 0 Å². The zero-order valence-corrected chi connectivity index (χ0v) is 23.8. The molecule has 9 aromatic rings. The summed E-state index contributed by atoms with van der Waals surface area (Å²) < 4.78 is 4.65. The van der Waals surface area contributed by atoms with Gasteiger partial charge in [0.25, 0.3) is 0 Å². The van der Waals surface area contributed by atoms with E-state index in [0.717, 1.165) is 49.3 Å². The number of nitrogen functional groups attached to an aromatic ring is 1. The number of aromatic nitrogens is 3. The zero-order chi connectivity index (χ0) is 28.5. The van der Waals surface area contributed by atoms with Crippen LogP contribution in [-0.4, -0.2) is 14.5 Å². The second-order valence-corrected chi connectivity index (χ2v) is 11.9. The monoisotopic (exact) mass is 568 g/mol. The number of fused-ring (bicyclic) bond motifs is 8. The molecule has 0 atom stereocenters. The third-order valence-electron chi connectivity index (χ3n) is 8.33. The number of para-hydroxylation sites is 2. The molecule has 0 fully saturated rings. The third-order valence-corrected chi connectivity index (χ3v) is 9.57. The van der Waals surface area contributed by atoms with E-state index in [1.54, 1.807) is 11.3 Å². The Bertz CT molecular complexity index is 2510. The molecule has 0 spiro atoms. The van der Waals surface area contributed by atoms with Gasteiger partial charge in [0, 0.05) is 43.4 Å². The van der Waals surface area contributed by atoms with Crippen LogP contribution in [0.3, 0.4) is 0 Å². The first-order valence-electron chi connectivity index (χ1n) is 14.3. The quantitative estimate of drug-likeness (QED) is 0.216. The summed E-state index contributed by atoms with van der Waals surface area (Å²) in [5, 5.41) is 6.00. The topological polar surface area (TPSA) is 56.7 Å². The maximum Gasteiger partial charge on any atom is 0.160 e. The number of rotatable bonds is 3. The van der Waals surface area contributed by atoms with Gasteiger partial charge in [0.2, 0.25) is 0 Å². The minimum absolute atomic E-state index is 0.714. The maximum absolute atomic E-state index is 6.07. The summed E-state index contributed by atoms with van der Waals surface area (Å²) in [5.74, 6) is 0.714. The van der Waals surface area contributed by atoms with Crippen LogP contribution in [0.1, 0.15) is 0 Å². The van der Waals surface area contributed by atoms with E-state index in [2.05, 4.69) is 126 Å². The van der Waals surface area contributed by atoms with Gasteiger partial charge in [-0.15, -0.1) is 11.3 Å². The summed E-state index contributed by atoms with van der Waals surface area (Å²) in [6.07, 6.45) is 0. The van der Waals surface area contributed by atoms with Crippen molar-refractivity contribution in [3.05, 3.63) is 133 Å². The van der Waals surface area contributed by atoms with E-state index in [-0.39, 0.29) is 0 Å². The highest BCUT2D eigenvalue weighted by Crippen LogP contribution is 2.43. The Morgan fingerprint density at radius 1 is 0.535 bits per heavy atom. The highest BCUT2D eigenvalue weighted by Gasteiger charge is 2.19. The van der Waals surface area contributed by atoms with Crippen molar-refractivity contribution in [1.82, 2.24) is 14.5 Å². The number of nitrogens with two attached hydrogens (primary N) is 1. The molecule has 0 aliphatic rings. The Labute approximate surface area is 251 Å². The van der Waals surface area contributed by atoms with E-state index >= 15 is 0 Å². The van der Waals surface area contributed by atoms with Crippen molar-refractivity contribution in [2.45, 2.75) is 0 Å². The molecule has 0 amide bonds. The lowest BCUT2D eigenvalue weighted by molar-refractivity contribution is 1.18. The van der Waals surface area contributed by atoms with Gasteiger partial charge in [0.05, 0.1) is 26.9 Å². The lowest BCUT2D eigenvalue weighted by atomic mass is 10.1. The predicted molar refractivity (Wildman–Crippen MR) is 182 cm³/mol. The van der Waals surface area contributed by atoms with E-state index in [1.807, 2.05) is 12.1 Å². The smallest absolute Gasteiger partial charge is 0.160 e. The van der Waals surface area contributed by atoms with Gasteiger partial charge in [-0.3, -0.25) is 0 Å². The molecule has 0 bridgehead atoms. The fourth-order valence-corrected chi connectivity index (χ4v) is 7.59. The molecule has 9 rings (SSSR count). The first-order chi connectivity index (χ1) is 21.2. The summed E-state index contributed by atoms with van der Waals surface area (Å²) in [6, 6.07) is 46.7. The van der Waals surface area contributed by atoms with Crippen LogP contribution in [0.2, 0.25) is 0 Å². The van der Waals surface area contributed by atoms with Gasteiger partial charge in [-0.2, -0.15) is 0 Å². The Balaban J connectivity index is 1.34. The van der Waals surface area contributed by atoms with Crippen LogP contribution in [-0.2, 0) is 0 Å². The Kier molecular flexibility index (Phi) is 5.18. The van der Waals surface area contributed by atoms with Crippen LogP contribution < -0.4 is 5.73 Å². The number of hydrogen-bond donors (Lipinski definition) is 1. The number of thiophene rings is 1. The summed E-state index contributed by atoms with van der Waals surface area (Å²) in [4.78, 5) is 10.5. The second kappa shape index (κ2) is 9.24. The van der Waals surface area contributed by atoms with Crippen molar-refractivity contribution in [3.8, 4) is 28.3 Å². The van der Waals surface area contributed by atoms with Gasteiger partial charge in [-0.25, -0.2) is 9.97 Å². The zero-order valence-electron chi connectivity index (χ0n) is 23.0. The molecular formula is C38H24N4S. The van der Waals surface area contributed by atoms with Crippen LogP contribution in [0.15, 0.2) is 133 Å².